The van der Waals surface area contributed by atoms with Crippen molar-refractivity contribution >= 4 is 11.6 Å². The highest BCUT2D eigenvalue weighted by molar-refractivity contribution is 6.16. The number of rotatable bonds is 3. The topological polar surface area (TPSA) is 26.0 Å². The van der Waals surface area contributed by atoms with E-state index in [-0.39, 0.29) is 0 Å². The molecule has 1 aromatic rings. The molecule has 0 aliphatic carbocycles. The minimum atomic E-state index is 0.408. The normalized spacial score (nSPS) is 10.9. The predicted molar refractivity (Wildman–Crippen MR) is 44.6 cm³/mol. The number of aromatic nitrogens is 1. The first-order valence-electron chi connectivity index (χ1n) is 3.72. The lowest BCUT2D eigenvalue weighted by molar-refractivity contribution is 0.384. The van der Waals surface area contributed by atoms with Gasteiger partial charge in [0.1, 0.15) is 0 Å². The molecule has 1 heterocycles. The first kappa shape index (κ1) is 8.60. The van der Waals surface area contributed by atoms with Gasteiger partial charge < -0.3 is 4.52 Å². The maximum atomic E-state index is 5.54. The van der Waals surface area contributed by atoms with Crippen LogP contribution in [0.25, 0.3) is 0 Å². The van der Waals surface area contributed by atoms with Crippen LogP contribution in [0, 0.1) is 5.92 Å². The van der Waals surface area contributed by atoms with Crippen LogP contribution < -0.4 is 0 Å². The number of nitrogens with zero attached hydrogens (tertiary/aromatic N) is 1. The Hall–Kier alpha value is -0.500. The summed E-state index contributed by atoms with van der Waals surface area (Å²) in [5.41, 5.74) is 0.996. The van der Waals surface area contributed by atoms with Gasteiger partial charge in [-0.2, -0.15) is 0 Å². The molecule has 11 heavy (non-hydrogen) atoms. The van der Waals surface area contributed by atoms with E-state index >= 15 is 0 Å². The fourth-order valence-electron chi connectivity index (χ4n) is 0.933. The number of hydrogen-bond donors (Lipinski definition) is 0. The molecule has 0 fully saturated rings. The van der Waals surface area contributed by atoms with E-state index in [1.165, 1.54) is 0 Å². The van der Waals surface area contributed by atoms with Gasteiger partial charge in [0.05, 0.1) is 11.6 Å². The molecule has 1 rings (SSSR count). The summed E-state index contributed by atoms with van der Waals surface area (Å²) in [6.45, 7) is 4.30. The van der Waals surface area contributed by atoms with E-state index < -0.39 is 0 Å². The molecular weight excluding hydrogens is 162 g/mol. The van der Waals surface area contributed by atoms with Crippen LogP contribution in [0.15, 0.2) is 10.6 Å². The summed E-state index contributed by atoms with van der Waals surface area (Å²) in [7, 11) is 0. The molecule has 0 bridgehead atoms. The Balaban J connectivity index is 2.58. The molecule has 2 nitrogen and oxygen atoms in total. The van der Waals surface area contributed by atoms with Gasteiger partial charge in [-0.1, -0.05) is 19.0 Å². The van der Waals surface area contributed by atoms with Crippen LogP contribution in [0.2, 0.25) is 0 Å². The van der Waals surface area contributed by atoms with Crippen LogP contribution in [-0.4, -0.2) is 5.16 Å². The van der Waals surface area contributed by atoms with Gasteiger partial charge >= 0.3 is 0 Å². The Kier molecular flexibility index (Phi) is 2.94. The van der Waals surface area contributed by atoms with Gasteiger partial charge in [0.25, 0.3) is 0 Å². The predicted octanol–water partition coefficient (Wildman–Crippen LogP) is 2.61. The van der Waals surface area contributed by atoms with E-state index in [0.29, 0.717) is 11.8 Å². The second-order valence-corrected chi connectivity index (χ2v) is 3.28. The van der Waals surface area contributed by atoms with E-state index in [9.17, 15) is 0 Å². The number of hydrogen-bond acceptors (Lipinski definition) is 2. The monoisotopic (exact) mass is 173 g/mol. The Morgan fingerprint density at radius 2 is 2.36 bits per heavy atom. The Labute approximate surface area is 71.5 Å². The highest BCUT2D eigenvalue weighted by Gasteiger charge is 2.04. The first-order valence-corrected chi connectivity index (χ1v) is 4.26. The third kappa shape index (κ3) is 2.54. The smallest absolute Gasteiger partial charge is 0.151 e. The van der Waals surface area contributed by atoms with E-state index in [2.05, 4.69) is 19.0 Å². The van der Waals surface area contributed by atoms with Gasteiger partial charge in [-0.05, 0) is 12.3 Å². The maximum absolute atomic E-state index is 5.54. The zero-order chi connectivity index (χ0) is 8.27. The lowest BCUT2D eigenvalue weighted by Gasteiger charge is -1.96. The molecule has 0 radical (unpaired) electrons. The van der Waals surface area contributed by atoms with Crippen molar-refractivity contribution in [3.63, 3.8) is 0 Å². The van der Waals surface area contributed by atoms with E-state index in [4.69, 9.17) is 16.1 Å². The van der Waals surface area contributed by atoms with Crippen LogP contribution in [0.3, 0.4) is 0 Å². The molecule has 3 heteroatoms. The third-order valence-corrected chi connectivity index (χ3v) is 1.62. The van der Waals surface area contributed by atoms with Crippen molar-refractivity contribution in [1.29, 1.82) is 0 Å². The van der Waals surface area contributed by atoms with Gasteiger partial charge in [-0.15, -0.1) is 11.6 Å². The summed E-state index contributed by atoms with van der Waals surface area (Å²) >= 11 is 5.54. The van der Waals surface area contributed by atoms with Crippen molar-refractivity contribution < 1.29 is 4.52 Å². The average molecular weight is 174 g/mol. The van der Waals surface area contributed by atoms with Gasteiger partial charge in [0, 0.05) is 6.07 Å². The zero-order valence-corrected chi connectivity index (χ0v) is 7.56. The van der Waals surface area contributed by atoms with Gasteiger partial charge in [0.15, 0.2) is 5.76 Å². The van der Waals surface area contributed by atoms with Crippen molar-refractivity contribution in [2.24, 2.45) is 5.92 Å². The molecule has 0 amide bonds. The van der Waals surface area contributed by atoms with Crippen LogP contribution in [0.5, 0.6) is 0 Å². The number of halogens is 1. The Bertz CT molecular complexity index is 220. The van der Waals surface area contributed by atoms with Crippen LogP contribution in [0.1, 0.15) is 25.3 Å². The zero-order valence-electron chi connectivity index (χ0n) is 6.80. The molecule has 0 saturated heterocycles. The van der Waals surface area contributed by atoms with Crippen LogP contribution in [0.4, 0.5) is 0 Å². The molecule has 0 saturated carbocycles. The van der Waals surface area contributed by atoms with E-state index in [1.54, 1.807) is 0 Å². The van der Waals surface area contributed by atoms with Crippen LogP contribution in [-0.2, 0) is 12.3 Å². The molecule has 0 N–H and O–H groups in total. The van der Waals surface area contributed by atoms with Gasteiger partial charge in [0.2, 0.25) is 0 Å². The third-order valence-electron chi connectivity index (χ3n) is 1.36. The SMILES string of the molecule is CC(C)Cc1cc(CCl)on1. The summed E-state index contributed by atoms with van der Waals surface area (Å²) in [4.78, 5) is 0. The lowest BCUT2D eigenvalue weighted by atomic mass is 10.1. The van der Waals surface area contributed by atoms with Crippen LogP contribution >= 0.6 is 11.6 Å². The second kappa shape index (κ2) is 3.77. The standard InChI is InChI=1S/C8H12ClNO/c1-6(2)3-7-4-8(5-9)11-10-7/h4,6H,3,5H2,1-2H3. The molecular formula is C8H12ClNO. The lowest BCUT2D eigenvalue weighted by Crippen LogP contribution is -1.92. The largest absolute Gasteiger partial charge is 0.360 e. The average Bonchev–Trinajstić information content (AvgIpc) is 2.34. The van der Waals surface area contributed by atoms with Crippen molar-refractivity contribution in [1.82, 2.24) is 5.16 Å². The molecule has 1 aromatic heterocycles. The maximum Gasteiger partial charge on any atom is 0.151 e. The molecule has 0 aliphatic rings. The molecule has 62 valence electrons. The minimum Gasteiger partial charge on any atom is -0.360 e. The summed E-state index contributed by atoms with van der Waals surface area (Å²) < 4.78 is 4.93. The van der Waals surface area contributed by atoms with Crippen molar-refractivity contribution in [2.75, 3.05) is 0 Å². The van der Waals surface area contributed by atoms with E-state index in [1.807, 2.05) is 6.07 Å². The van der Waals surface area contributed by atoms with Crippen molar-refractivity contribution in [3.8, 4) is 0 Å². The fourth-order valence-corrected chi connectivity index (χ4v) is 1.06. The van der Waals surface area contributed by atoms with Gasteiger partial charge in [-0.25, -0.2) is 0 Å². The first-order chi connectivity index (χ1) is 5.22. The molecule has 0 unspecified atom stereocenters. The summed E-state index contributed by atoms with van der Waals surface area (Å²) in [6, 6.07) is 1.91. The summed E-state index contributed by atoms with van der Waals surface area (Å²) in [5, 5.41) is 3.87. The highest BCUT2D eigenvalue weighted by atomic mass is 35.5. The van der Waals surface area contributed by atoms with E-state index in [0.717, 1.165) is 17.9 Å². The fraction of sp³-hybridized carbons (Fsp3) is 0.625. The molecule has 0 atom stereocenters. The van der Waals surface area contributed by atoms with Crippen molar-refractivity contribution in [2.45, 2.75) is 26.1 Å². The molecule has 0 spiro atoms. The molecule has 0 aromatic carbocycles. The number of alkyl halides is 1. The minimum absolute atomic E-state index is 0.408. The quantitative estimate of drug-likeness (QED) is 0.657. The summed E-state index contributed by atoms with van der Waals surface area (Å²) in [5.74, 6) is 1.77. The second-order valence-electron chi connectivity index (χ2n) is 3.02. The Morgan fingerprint density at radius 1 is 1.64 bits per heavy atom. The molecule has 0 aliphatic heterocycles. The van der Waals surface area contributed by atoms with Gasteiger partial charge in [-0.3, -0.25) is 0 Å². The highest BCUT2D eigenvalue weighted by Crippen LogP contribution is 2.10. The summed E-state index contributed by atoms with van der Waals surface area (Å²) in [6.07, 6.45) is 0.959. The Morgan fingerprint density at radius 3 is 2.82 bits per heavy atom. The van der Waals surface area contributed by atoms with Crippen molar-refractivity contribution in [3.05, 3.63) is 17.5 Å².